The molecule has 1 atom stereocenters. The number of hydrogen-bond donors (Lipinski definition) is 4. The van der Waals surface area contributed by atoms with E-state index in [0.29, 0.717) is 16.7 Å². The highest BCUT2D eigenvalue weighted by Crippen LogP contribution is 2.45. The van der Waals surface area contributed by atoms with Crippen molar-refractivity contribution in [2.75, 3.05) is 19.8 Å². The molecule has 0 heterocycles. The Kier molecular flexibility index (Phi) is 11.3. The number of rotatable bonds is 15. The second-order valence-corrected chi connectivity index (χ2v) is 17.4. The zero-order valence-corrected chi connectivity index (χ0v) is 29.3. The van der Waals surface area contributed by atoms with E-state index in [0.717, 1.165) is 10.4 Å². The number of ether oxygens (including phenoxy) is 2. The molecule has 0 fully saturated rings. The van der Waals surface area contributed by atoms with Gasteiger partial charge in [-0.2, -0.15) is 0 Å². The van der Waals surface area contributed by atoms with Crippen molar-refractivity contribution < 1.29 is 34.3 Å². The molecule has 0 amide bonds. The third-order valence-corrected chi connectivity index (χ3v) is 14.0. The Hall–Kier alpha value is -3.96. The van der Waals surface area contributed by atoms with Crippen LogP contribution in [0, 0.1) is 0 Å². The Balaban J connectivity index is 1.59. The SMILES string of the molecule is CC(C)(C)[Si](OCCC(O)(OCCO)C(O)(O)OC(c1ccccc1)(c1ccccc1)c1ccccc1)(c1ccccc1)c1ccccc1. The normalized spacial score (nSPS) is 13.9. The van der Waals surface area contributed by atoms with Crippen molar-refractivity contribution in [3.05, 3.63) is 168 Å². The van der Waals surface area contributed by atoms with Crippen LogP contribution in [0.25, 0.3) is 0 Å². The molecule has 0 saturated carbocycles. The molecule has 49 heavy (non-hydrogen) atoms. The predicted molar refractivity (Wildman–Crippen MR) is 194 cm³/mol. The summed E-state index contributed by atoms with van der Waals surface area (Å²) in [6, 6.07) is 47.6. The lowest BCUT2D eigenvalue weighted by molar-refractivity contribution is -0.485. The van der Waals surface area contributed by atoms with Gasteiger partial charge in [-0.25, -0.2) is 0 Å². The van der Waals surface area contributed by atoms with Crippen molar-refractivity contribution >= 4 is 18.7 Å². The monoisotopic (exact) mass is 678 g/mol. The molecule has 0 spiro atoms. The van der Waals surface area contributed by atoms with Crippen molar-refractivity contribution in [2.45, 2.75) is 49.6 Å². The minimum atomic E-state index is -3.32. The first-order valence-electron chi connectivity index (χ1n) is 16.5. The van der Waals surface area contributed by atoms with Crippen LogP contribution in [0.5, 0.6) is 0 Å². The highest BCUT2D eigenvalue weighted by molar-refractivity contribution is 6.99. The van der Waals surface area contributed by atoms with Gasteiger partial charge in [0.25, 0.3) is 14.1 Å². The highest BCUT2D eigenvalue weighted by atomic mass is 28.4. The molecule has 1 unspecified atom stereocenters. The number of benzene rings is 5. The molecule has 5 aromatic carbocycles. The largest absolute Gasteiger partial charge is 0.407 e. The summed E-state index contributed by atoms with van der Waals surface area (Å²) in [5.74, 6) is -6.07. The van der Waals surface area contributed by atoms with E-state index in [1.165, 1.54) is 0 Å². The quantitative estimate of drug-likeness (QED) is 0.0677. The number of hydrogen-bond acceptors (Lipinski definition) is 7. The zero-order chi connectivity index (χ0) is 35.0. The topological polar surface area (TPSA) is 109 Å². The molecule has 0 saturated heterocycles. The molecule has 256 valence electrons. The smallest absolute Gasteiger partial charge is 0.337 e. The van der Waals surface area contributed by atoms with Crippen LogP contribution in [0.15, 0.2) is 152 Å². The number of aliphatic hydroxyl groups is 4. The van der Waals surface area contributed by atoms with Gasteiger partial charge >= 0.3 is 5.97 Å². The fourth-order valence-corrected chi connectivity index (χ4v) is 11.2. The van der Waals surface area contributed by atoms with Crippen LogP contribution in [0.1, 0.15) is 43.9 Å². The molecule has 0 aliphatic rings. The lowest BCUT2D eigenvalue weighted by Gasteiger charge is -2.46. The van der Waals surface area contributed by atoms with Gasteiger partial charge in [-0.1, -0.05) is 172 Å². The highest BCUT2D eigenvalue weighted by Gasteiger charge is 2.58. The van der Waals surface area contributed by atoms with Crippen molar-refractivity contribution in [1.29, 1.82) is 0 Å². The first-order valence-corrected chi connectivity index (χ1v) is 18.4. The standard InChI is InChI=1S/C41H46O7Si/c1-38(2,3)49(36-25-15-7-16-26-36,37-27-17-8-18-28-37)47-31-29-39(43,46-32-30-42)41(44,45)48-40(33-19-9-4-10-20-33,34-21-11-5-12-22-34)35-23-13-6-14-24-35/h4-28,42-45H,29-32H2,1-3H3. The summed E-state index contributed by atoms with van der Waals surface area (Å²) >= 11 is 0. The molecule has 0 aliphatic carbocycles. The minimum absolute atomic E-state index is 0.129. The molecule has 0 aliphatic heterocycles. The zero-order valence-electron chi connectivity index (χ0n) is 28.3. The van der Waals surface area contributed by atoms with Crippen LogP contribution in [0.3, 0.4) is 0 Å². The molecular formula is C41H46O7Si. The van der Waals surface area contributed by atoms with E-state index >= 15 is 0 Å². The number of aliphatic hydroxyl groups excluding tert-OH is 1. The van der Waals surface area contributed by atoms with Crippen LogP contribution in [0.4, 0.5) is 0 Å². The molecule has 5 aromatic rings. The molecule has 4 N–H and O–H groups in total. The minimum Gasteiger partial charge on any atom is -0.407 e. The van der Waals surface area contributed by atoms with Gasteiger partial charge in [-0.05, 0) is 32.1 Å². The van der Waals surface area contributed by atoms with Crippen molar-refractivity contribution in [3.63, 3.8) is 0 Å². The second kappa shape index (κ2) is 15.3. The van der Waals surface area contributed by atoms with Crippen LogP contribution in [-0.4, -0.2) is 60.3 Å². The van der Waals surface area contributed by atoms with Crippen LogP contribution >= 0.6 is 0 Å². The van der Waals surface area contributed by atoms with Gasteiger partial charge in [0.1, 0.15) is 5.60 Å². The molecule has 7 nitrogen and oxygen atoms in total. The van der Waals surface area contributed by atoms with E-state index in [1.807, 2.05) is 127 Å². The first kappa shape index (κ1) is 36.3. The van der Waals surface area contributed by atoms with Gasteiger partial charge in [-0.15, -0.1) is 0 Å². The average molecular weight is 679 g/mol. The van der Waals surface area contributed by atoms with E-state index in [2.05, 4.69) is 45.0 Å². The molecule has 8 heteroatoms. The van der Waals surface area contributed by atoms with Gasteiger partial charge in [-0.3, -0.25) is 0 Å². The fraction of sp³-hybridized carbons (Fsp3) is 0.268. The molecule has 5 rings (SSSR count). The Morgan fingerprint density at radius 1 is 0.531 bits per heavy atom. The van der Waals surface area contributed by atoms with E-state index in [9.17, 15) is 20.4 Å². The van der Waals surface area contributed by atoms with E-state index in [4.69, 9.17) is 13.9 Å². The Morgan fingerprint density at radius 3 is 1.24 bits per heavy atom. The van der Waals surface area contributed by atoms with Crippen molar-refractivity contribution in [3.8, 4) is 0 Å². The Labute approximate surface area is 290 Å². The fourth-order valence-electron chi connectivity index (χ4n) is 6.64. The summed E-state index contributed by atoms with van der Waals surface area (Å²) in [5, 5.41) is 47.7. The maximum Gasteiger partial charge on any atom is 0.337 e. The Bertz CT molecular complexity index is 1580. The summed E-state index contributed by atoms with van der Waals surface area (Å²) in [7, 11) is -3.06. The molecule has 0 radical (unpaired) electrons. The molecule has 0 bridgehead atoms. The lowest BCUT2D eigenvalue weighted by atomic mass is 9.80. The van der Waals surface area contributed by atoms with Crippen molar-refractivity contribution in [2.24, 2.45) is 0 Å². The summed E-state index contributed by atoms with van der Waals surface area (Å²) in [4.78, 5) is 0. The maximum atomic E-state index is 12.2. The van der Waals surface area contributed by atoms with Crippen molar-refractivity contribution in [1.82, 2.24) is 0 Å². The van der Waals surface area contributed by atoms with E-state index in [1.54, 1.807) is 0 Å². The predicted octanol–water partition coefficient (Wildman–Crippen LogP) is 5.30. The summed E-state index contributed by atoms with van der Waals surface area (Å²) in [6.45, 7) is 5.40. The van der Waals surface area contributed by atoms with E-state index in [-0.39, 0.29) is 11.6 Å². The summed E-state index contributed by atoms with van der Waals surface area (Å²) in [5.41, 5.74) is 0.164. The van der Waals surface area contributed by atoms with Gasteiger partial charge in [0.05, 0.1) is 13.2 Å². The second-order valence-electron chi connectivity index (χ2n) is 13.1. The summed E-state index contributed by atoms with van der Waals surface area (Å²) in [6.07, 6.45) is -0.404. The lowest BCUT2D eigenvalue weighted by Crippen LogP contribution is -2.67. The van der Waals surface area contributed by atoms with Crippen LogP contribution in [0.2, 0.25) is 5.04 Å². The van der Waals surface area contributed by atoms with Gasteiger partial charge in [0, 0.05) is 13.0 Å². The molecule has 0 aromatic heterocycles. The van der Waals surface area contributed by atoms with Gasteiger partial charge in [0.15, 0.2) is 0 Å². The van der Waals surface area contributed by atoms with Gasteiger partial charge in [0.2, 0.25) is 0 Å². The van der Waals surface area contributed by atoms with Gasteiger partial charge < -0.3 is 34.3 Å². The third-order valence-electron chi connectivity index (χ3n) is 8.95. The van der Waals surface area contributed by atoms with E-state index < -0.39 is 45.3 Å². The molecular weight excluding hydrogens is 633 g/mol. The third kappa shape index (κ3) is 7.33. The maximum absolute atomic E-state index is 12.2. The van der Waals surface area contributed by atoms with Crippen LogP contribution in [-0.2, 0) is 19.5 Å². The Morgan fingerprint density at radius 2 is 0.898 bits per heavy atom. The average Bonchev–Trinajstić information content (AvgIpc) is 3.13. The first-order chi connectivity index (χ1) is 23.5. The summed E-state index contributed by atoms with van der Waals surface area (Å²) < 4.78 is 19.2. The van der Waals surface area contributed by atoms with Crippen LogP contribution < -0.4 is 10.4 Å².